The molecule has 18 heavy (non-hydrogen) atoms. The molecule has 3 heteroatoms. The molecule has 3 rings (SSSR count). The molecule has 0 unspecified atom stereocenters. The minimum atomic E-state index is 0.720. The molecule has 1 aromatic carbocycles. The van der Waals surface area contributed by atoms with Gasteiger partial charge < -0.3 is 9.47 Å². The van der Waals surface area contributed by atoms with Crippen LogP contribution in [0.3, 0.4) is 0 Å². The number of terminal acetylenes is 1. The van der Waals surface area contributed by atoms with Crippen molar-refractivity contribution in [1.29, 1.82) is 0 Å². The van der Waals surface area contributed by atoms with Gasteiger partial charge in [-0.3, -0.25) is 0 Å². The number of hydrogen-bond donors (Lipinski definition) is 0. The smallest absolute Gasteiger partial charge is 0.0643 e. The summed E-state index contributed by atoms with van der Waals surface area (Å²) in [4.78, 5) is 2.33. The Morgan fingerprint density at radius 2 is 2.11 bits per heavy atom. The molecule has 0 saturated carbocycles. The predicted octanol–water partition coefficient (Wildman–Crippen LogP) is 2.80. The van der Waals surface area contributed by atoms with Crippen molar-refractivity contribution in [1.82, 2.24) is 9.47 Å². The van der Waals surface area contributed by atoms with E-state index in [2.05, 4.69) is 29.5 Å². The van der Waals surface area contributed by atoms with Gasteiger partial charge in [-0.05, 0) is 24.7 Å². The summed E-state index contributed by atoms with van der Waals surface area (Å²) in [5, 5.41) is 1.93. The van der Waals surface area contributed by atoms with Crippen LogP contribution in [-0.2, 0) is 20.0 Å². The third-order valence-corrected chi connectivity index (χ3v) is 4.02. The van der Waals surface area contributed by atoms with Crippen molar-refractivity contribution in [3.63, 3.8) is 0 Å². The van der Waals surface area contributed by atoms with Crippen LogP contribution in [0.2, 0.25) is 5.02 Å². The number of aromatic nitrogens is 1. The van der Waals surface area contributed by atoms with E-state index in [-0.39, 0.29) is 0 Å². The first-order chi connectivity index (χ1) is 8.61. The number of hydrogen-bond acceptors (Lipinski definition) is 1. The first kappa shape index (κ1) is 11.6. The Kier molecular flexibility index (Phi) is 2.62. The molecule has 0 bridgehead atoms. The third kappa shape index (κ3) is 1.55. The van der Waals surface area contributed by atoms with Gasteiger partial charge in [0.2, 0.25) is 0 Å². The van der Waals surface area contributed by atoms with Crippen LogP contribution in [-0.4, -0.2) is 23.1 Å². The molecule has 0 saturated heterocycles. The molecule has 1 aromatic heterocycles. The zero-order valence-electron chi connectivity index (χ0n) is 10.6. The van der Waals surface area contributed by atoms with Gasteiger partial charge in [0.15, 0.2) is 0 Å². The zero-order valence-corrected chi connectivity index (χ0v) is 11.4. The monoisotopic (exact) mass is 258 g/mol. The van der Waals surface area contributed by atoms with Crippen molar-refractivity contribution in [3.05, 3.63) is 34.0 Å². The maximum atomic E-state index is 6.17. The average Bonchev–Trinajstić information content (AvgIpc) is 2.62. The molecule has 2 nitrogen and oxygen atoms in total. The number of aryl methyl sites for hydroxylation is 1. The number of fused-ring (bicyclic) bond motifs is 3. The second kappa shape index (κ2) is 4.05. The van der Waals surface area contributed by atoms with E-state index >= 15 is 0 Å². The highest BCUT2D eigenvalue weighted by atomic mass is 35.5. The van der Waals surface area contributed by atoms with Crippen LogP contribution in [0.25, 0.3) is 10.9 Å². The van der Waals surface area contributed by atoms with E-state index < -0.39 is 0 Å². The SMILES string of the molecule is C#Cc1cc(Cl)cc2c3c(n(C)c12)CCN(C)C3. The van der Waals surface area contributed by atoms with Gasteiger partial charge in [0.1, 0.15) is 0 Å². The standard InChI is InChI=1S/C15H15ClN2/c1-4-10-7-11(16)8-12-13-9-17(2)6-5-14(13)18(3)15(10)12/h1,7-8H,5-6,9H2,2-3H3. The van der Waals surface area contributed by atoms with E-state index in [4.69, 9.17) is 18.0 Å². The fourth-order valence-corrected chi connectivity index (χ4v) is 3.15. The third-order valence-electron chi connectivity index (χ3n) is 3.80. The second-order valence-corrected chi connectivity index (χ2v) is 5.40. The van der Waals surface area contributed by atoms with Crippen molar-refractivity contribution >= 4 is 22.5 Å². The summed E-state index contributed by atoms with van der Waals surface area (Å²) in [6.45, 7) is 2.06. The fourth-order valence-electron chi connectivity index (χ4n) is 2.93. The van der Waals surface area contributed by atoms with Gasteiger partial charge in [0.25, 0.3) is 0 Å². The minimum absolute atomic E-state index is 0.720. The maximum absolute atomic E-state index is 6.17. The summed E-state index contributed by atoms with van der Waals surface area (Å²) in [6.07, 6.45) is 6.67. The molecule has 1 aliphatic rings. The molecule has 0 radical (unpaired) electrons. The molecular weight excluding hydrogens is 244 g/mol. The van der Waals surface area contributed by atoms with E-state index in [1.807, 2.05) is 12.1 Å². The summed E-state index contributed by atoms with van der Waals surface area (Å²) in [5.74, 6) is 2.75. The van der Waals surface area contributed by atoms with Crippen molar-refractivity contribution in [3.8, 4) is 12.3 Å². The van der Waals surface area contributed by atoms with Gasteiger partial charge in [0.05, 0.1) is 11.1 Å². The summed E-state index contributed by atoms with van der Waals surface area (Å²) >= 11 is 6.17. The van der Waals surface area contributed by atoms with Crippen LogP contribution in [0, 0.1) is 12.3 Å². The van der Waals surface area contributed by atoms with Crippen LogP contribution in [0.1, 0.15) is 16.8 Å². The summed E-state index contributed by atoms with van der Waals surface area (Å²) in [6, 6.07) is 3.91. The first-order valence-electron chi connectivity index (χ1n) is 6.06. The van der Waals surface area contributed by atoms with E-state index in [9.17, 15) is 0 Å². The summed E-state index contributed by atoms with van der Waals surface area (Å²) < 4.78 is 2.24. The second-order valence-electron chi connectivity index (χ2n) is 4.97. The van der Waals surface area contributed by atoms with Gasteiger partial charge in [-0.2, -0.15) is 0 Å². The Morgan fingerprint density at radius 3 is 2.83 bits per heavy atom. The van der Waals surface area contributed by atoms with Gasteiger partial charge in [-0.1, -0.05) is 17.5 Å². The first-order valence-corrected chi connectivity index (χ1v) is 6.44. The molecule has 0 fully saturated rings. The van der Waals surface area contributed by atoms with E-state index in [1.165, 1.54) is 16.6 Å². The molecule has 0 spiro atoms. The Hall–Kier alpha value is -1.43. The van der Waals surface area contributed by atoms with Crippen LogP contribution in [0.4, 0.5) is 0 Å². The quantitative estimate of drug-likeness (QED) is 0.660. The Balaban J connectivity index is 2.41. The van der Waals surface area contributed by atoms with Crippen molar-refractivity contribution in [2.45, 2.75) is 13.0 Å². The number of likely N-dealkylation sites (N-methyl/N-ethyl adjacent to an activating group) is 1. The highest BCUT2D eigenvalue weighted by Gasteiger charge is 2.22. The highest BCUT2D eigenvalue weighted by molar-refractivity contribution is 6.31. The molecule has 0 N–H and O–H groups in total. The van der Waals surface area contributed by atoms with Gasteiger partial charge in [-0.25, -0.2) is 0 Å². The largest absolute Gasteiger partial charge is 0.346 e. The topological polar surface area (TPSA) is 8.17 Å². The lowest BCUT2D eigenvalue weighted by molar-refractivity contribution is 0.310. The number of nitrogens with zero attached hydrogens (tertiary/aromatic N) is 2. The molecule has 0 atom stereocenters. The molecule has 0 aliphatic carbocycles. The average molecular weight is 259 g/mol. The van der Waals surface area contributed by atoms with Crippen LogP contribution in [0.15, 0.2) is 12.1 Å². The molecule has 2 heterocycles. The highest BCUT2D eigenvalue weighted by Crippen LogP contribution is 2.33. The molecule has 1 aliphatic heterocycles. The predicted molar refractivity (Wildman–Crippen MR) is 75.9 cm³/mol. The lowest BCUT2D eigenvalue weighted by atomic mass is 10.0. The van der Waals surface area contributed by atoms with Crippen LogP contribution < -0.4 is 0 Å². The summed E-state index contributed by atoms with van der Waals surface area (Å²) in [5.41, 5.74) is 4.79. The zero-order chi connectivity index (χ0) is 12.9. The Bertz CT molecular complexity index is 676. The van der Waals surface area contributed by atoms with E-state index in [1.54, 1.807) is 0 Å². The molecule has 0 amide bonds. The normalized spacial score (nSPS) is 15.7. The van der Waals surface area contributed by atoms with Crippen LogP contribution >= 0.6 is 11.6 Å². The van der Waals surface area contributed by atoms with E-state index in [0.29, 0.717) is 0 Å². The number of rotatable bonds is 0. The van der Waals surface area contributed by atoms with Gasteiger partial charge >= 0.3 is 0 Å². The Labute approximate surface area is 112 Å². The van der Waals surface area contributed by atoms with Crippen LogP contribution in [0.5, 0.6) is 0 Å². The van der Waals surface area contributed by atoms with Crippen molar-refractivity contribution in [2.24, 2.45) is 7.05 Å². The molecular formula is C15H15ClN2. The molecule has 92 valence electrons. The maximum Gasteiger partial charge on any atom is 0.0643 e. The lowest BCUT2D eigenvalue weighted by Gasteiger charge is -2.23. The Morgan fingerprint density at radius 1 is 1.33 bits per heavy atom. The van der Waals surface area contributed by atoms with Crippen molar-refractivity contribution < 1.29 is 0 Å². The van der Waals surface area contributed by atoms with Gasteiger partial charge in [-0.15, -0.1) is 6.42 Å². The fraction of sp³-hybridized carbons (Fsp3) is 0.333. The summed E-state index contributed by atoms with van der Waals surface area (Å²) in [7, 11) is 4.25. The van der Waals surface area contributed by atoms with E-state index in [0.717, 1.165) is 35.6 Å². The van der Waals surface area contributed by atoms with Gasteiger partial charge in [0, 0.05) is 42.7 Å². The lowest BCUT2D eigenvalue weighted by Crippen LogP contribution is -2.26. The number of benzene rings is 1. The van der Waals surface area contributed by atoms with Crippen molar-refractivity contribution in [2.75, 3.05) is 13.6 Å². The molecule has 2 aromatic rings. The number of halogens is 1. The minimum Gasteiger partial charge on any atom is -0.346 e.